The van der Waals surface area contributed by atoms with Gasteiger partial charge < -0.3 is 25.1 Å². The zero-order valence-electron chi connectivity index (χ0n) is 20.6. The third-order valence-electron chi connectivity index (χ3n) is 7.21. The van der Waals surface area contributed by atoms with Crippen molar-refractivity contribution < 1.29 is 23.6 Å². The number of primary amides is 1. The lowest BCUT2D eigenvalue weighted by atomic mass is 9.75. The summed E-state index contributed by atoms with van der Waals surface area (Å²) in [4.78, 5) is 24.8. The zero-order valence-corrected chi connectivity index (χ0v) is 20.6. The maximum Gasteiger partial charge on any atom is 0.495 e. The van der Waals surface area contributed by atoms with Crippen LogP contribution in [0.1, 0.15) is 73.7 Å². The van der Waals surface area contributed by atoms with E-state index in [-0.39, 0.29) is 28.9 Å². The van der Waals surface area contributed by atoms with Gasteiger partial charge in [-0.2, -0.15) is 10.4 Å². The van der Waals surface area contributed by atoms with E-state index in [9.17, 15) is 14.9 Å². The first-order chi connectivity index (χ1) is 16.5. The first-order valence-electron chi connectivity index (χ1n) is 11.6. The highest BCUT2D eigenvalue weighted by Crippen LogP contribution is 2.38. The number of rotatable bonds is 6. The molecule has 11 heteroatoms. The smallest absolute Gasteiger partial charge is 0.465 e. The van der Waals surface area contributed by atoms with E-state index >= 15 is 0 Å². The summed E-state index contributed by atoms with van der Waals surface area (Å²) >= 11 is 0. The van der Waals surface area contributed by atoms with E-state index in [1.54, 1.807) is 29.1 Å². The van der Waals surface area contributed by atoms with Crippen LogP contribution in [0.25, 0.3) is 0 Å². The molecule has 1 unspecified atom stereocenters. The molecule has 2 fully saturated rings. The minimum atomic E-state index is -0.756. The molecule has 1 aromatic carbocycles. The quantitative estimate of drug-likeness (QED) is 0.476. The summed E-state index contributed by atoms with van der Waals surface area (Å²) in [5.41, 5.74) is 5.94. The van der Waals surface area contributed by atoms with Crippen LogP contribution in [-0.2, 0) is 14.0 Å². The number of carbonyl (C=O) groups excluding carboxylic acids is 2. The summed E-state index contributed by atoms with van der Waals surface area (Å²) in [5, 5.41) is 17.1. The Kier molecular flexibility index (Phi) is 6.38. The fourth-order valence-corrected chi connectivity index (χ4v) is 4.47. The molecule has 0 spiro atoms. The molecule has 1 aliphatic heterocycles. The van der Waals surface area contributed by atoms with Crippen molar-refractivity contribution in [3.8, 4) is 6.07 Å². The van der Waals surface area contributed by atoms with Crippen molar-refractivity contribution in [3.05, 3.63) is 35.5 Å². The van der Waals surface area contributed by atoms with Gasteiger partial charge in [-0.15, -0.1) is 0 Å². The lowest BCUT2D eigenvalue weighted by molar-refractivity contribution is 0.00578. The van der Waals surface area contributed by atoms with Crippen LogP contribution in [-0.4, -0.2) is 47.1 Å². The number of nitrogens with two attached hydrogens (primary N) is 1. The van der Waals surface area contributed by atoms with Gasteiger partial charge in [0.25, 0.3) is 5.91 Å². The topological polar surface area (TPSA) is 141 Å². The number of nitriles is 1. The number of amides is 1. The average Bonchev–Trinajstić information content (AvgIpc) is 3.48. The summed E-state index contributed by atoms with van der Waals surface area (Å²) in [6.07, 6.45) is 4.08. The number of hydrogen-bond donors (Lipinski definition) is 2. The second-order valence-corrected chi connectivity index (χ2v) is 9.98. The number of methoxy groups -OCH3 is 1. The van der Waals surface area contributed by atoms with Crippen molar-refractivity contribution in [2.24, 2.45) is 11.7 Å². The van der Waals surface area contributed by atoms with Crippen molar-refractivity contribution in [2.45, 2.75) is 64.2 Å². The van der Waals surface area contributed by atoms with E-state index < -0.39 is 30.2 Å². The molecular formula is C24H30BN5O5. The van der Waals surface area contributed by atoms with Gasteiger partial charge in [0.1, 0.15) is 5.56 Å². The Morgan fingerprint density at radius 2 is 1.91 bits per heavy atom. The maximum absolute atomic E-state index is 12.7. The van der Waals surface area contributed by atoms with E-state index in [0.29, 0.717) is 11.2 Å². The van der Waals surface area contributed by atoms with E-state index in [0.717, 1.165) is 19.3 Å². The number of carbonyl (C=O) groups is 2. The molecule has 3 N–H and O–H groups in total. The molecule has 1 saturated heterocycles. The normalized spacial score (nSPS) is 22.6. The molecule has 0 bridgehead atoms. The SMILES string of the molecule is COC(=O)c1cc(Nc2nn(C3CCC[C@@H]3C#N)cc2C(N)=O)ccc1B1OC(C)(C)C(C)(C)O1. The maximum atomic E-state index is 12.7. The Bertz CT molecular complexity index is 1190. The molecule has 10 nitrogen and oxygen atoms in total. The third-order valence-corrected chi connectivity index (χ3v) is 7.21. The van der Waals surface area contributed by atoms with Crippen LogP contribution < -0.4 is 16.5 Å². The fourth-order valence-electron chi connectivity index (χ4n) is 4.47. The highest BCUT2D eigenvalue weighted by atomic mass is 16.7. The summed E-state index contributed by atoms with van der Waals surface area (Å²) < 4.78 is 18.9. The lowest BCUT2D eigenvalue weighted by Gasteiger charge is -2.32. The molecule has 184 valence electrons. The van der Waals surface area contributed by atoms with Crippen LogP contribution in [0.5, 0.6) is 0 Å². The lowest BCUT2D eigenvalue weighted by Crippen LogP contribution is -2.41. The van der Waals surface area contributed by atoms with Crippen LogP contribution in [0.4, 0.5) is 11.5 Å². The Balaban J connectivity index is 1.67. The molecule has 4 rings (SSSR count). The minimum Gasteiger partial charge on any atom is -0.465 e. The predicted molar refractivity (Wildman–Crippen MR) is 130 cm³/mol. The van der Waals surface area contributed by atoms with Gasteiger partial charge in [-0.3, -0.25) is 9.48 Å². The van der Waals surface area contributed by atoms with E-state index in [1.807, 2.05) is 27.7 Å². The van der Waals surface area contributed by atoms with Gasteiger partial charge in [0.05, 0.1) is 41.9 Å². The van der Waals surface area contributed by atoms with Crippen LogP contribution in [0, 0.1) is 17.2 Å². The van der Waals surface area contributed by atoms with Crippen LogP contribution in [0.15, 0.2) is 24.4 Å². The van der Waals surface area contributed by atoms with Gasteiger partial charge in [-0.25, -0.2) is 4.79 Å². The van der Waals surface area contributed by atoms with Crippen LogP contribution >= 0.6 is 0 Å². The fraction of sp³-hybridized carbons (Fsp3) is 0.500. The molecule has 35 heavy (non-hydrogen) atoms. The summed E-state index contributed by atoms with van der Waals surface area (Å²) in [7, 11) is 0.546. The second-order valence-electron chi connectivity index (χ2n) is 9.98. The van der Waals surface area contributed by atoms with Crippen molar-refractivity contribution in [3.63, 3.8) is 0 Å². The first kappa shape index (κ1) is 24.8. The summed E-state index contributed by atoms with van der Waals surface area (Å²) in [6, 6.07) is 7.26. The van der Waals surface area contributed by atoms with Gasteiger partial charge >= 0.3 is 13.1 Å². The van der Waals surface area contributed by atoms with Crippen LogP contribution in [0.3, 0.4) is 0 Å². The average molecular weight is 479 g/mol. The molecule has 1 saturated carbocycles. The Labute approximate surface area is 204 Å². The van der Waals surface area contributed by atoms with Gasteiger partial charge in [0.15, 0.2) is 5.82 Å². The molecule has 1 aromatic heterocycles. The number of benzene rings is 1. The molecule has 1 aliphatic carbocycles. The van der Waals surface area contributed by atoms with Crippen molar-refractivity contribution >= 4 is 36.0 Å². The monoisotopic (exact) mass is 479 g/mol. The van der Waals surface area contributed by atoms with E-state index in [2.05, 4.69) is 16.5 Å². The van der Waals surface area contributed by atoms with Crippen molar-refractivity contribution in [2.75, 3.05) is 12.4 Å². The number of hydrogen-bond acceptors (Lipinski definition) is 8. The standard InChI is InChI=1S/C24H30BN5O5/c1-23(2)24(3,4)35-25(34-23)18-10-9-15(11-16(18)22(32)33-5)28-21-17(20(27)31)13-30(29-21)19-8-6-7-14(19)12-26/h9-11,13-14,19H,6-8H2,1-5H3,(H2,27,31)(H,28,29)/t14-,19?/m1/s1. The van der Waals surface area contributed by atoms with Gasteiger partial charge in [-0.05, 0) is 64.6 Å². The number of nitrogens with one attached hydrogen (secondary N) is 1. The number of nitrogens with zero attached hydrogens (tertiary/aromatic N) is 3. The van der Waals surface area contributed by atoms with Gasteiger partial charge in [-0.1, -0.05) is 6.07 Å². The molecule has 2 aromatic rings. The number of ether oxygens (including phenoxy) is 1. The van der Waals surface area contributed by atoms with Crippen LogP contribution in [0.2, 0.25) is 0 Å². The molecule has 2 heterocycles. The van der Waals surface area contributed by atoms with E-state index in [1.165, 1.54) is 7.11 Å². The second kappa shape index (κ2) is 9.02. The van der Waals surface area contributed by atoms with Crippen molar-refractivity contribution in [1.82, 2.24) is 9.78 Å². The zero-order chi connectivity index (χ0) is 25.5. The largest absolute Gasteiger partial charge is 0.495 e. The van der Waals surface area contributed by atoms with E-state index in [4.69, 9.17) is 19.8 Å². The number of anilines is 2. The molecule has 0 radical (unpaired) electrons. The summed E-state index contributed by atoms with van der Waals surface area (Å²) in [6.45, 7) is 7.74. The number of esters is 1. The Morgan fingerprint density at radius 3 is 2.51 bits per heavy atom. The first-order valence-corrected chi connectivity index (χ1v) is 11.6. The molecular weight excluding hydrogens is 449 g/mol. The summed E-state index contributed by atoms with van der Waals surface area (Å²) in [5.74, 6) is -1.12. The Morgan fingerprint density at radius 1 is 1.23 bits per heavy atom. The number of aromatic nitrogens is 2. The molecule has 2 atom stereocenters. The molecule has 2 aliphatic rings. The Hall–Kier alpha value is -3.36. The highest BCUT2D eigenvalue weighted by Gasteiger charge is 2.52. The predicted octanol–water partition coefficient (Wildman–Crippen LogP) is 2.68. The van der Waals surface area contributed by atoms with Gasteiger partial charge in [0.2, 0.25) is 0 Å². The van der Waals surface area contributed by atoms with Crippen molar-refractivity contribution in [1.29, 1.82) is 5.26 Å². The highest BCUT2D eigenvalue weighted by molar-refractivity contribution is 6.63. The minimum absolute atomic E-state index is 0.120. The molecule has 1 amide bonds. The third kappa shape index (κ3) is 4.51. The van der Waals surface area contributed by atoms with Gasteiger partial charge in [0, 0.05) is 11.9 Å².